The summed E-state index contributed by atoms with van der Waals surface area (Å²) in [6.45, 7) is 6.75. The van der Waals surface area contributed by atoms with Crippen molar-refractivity contribution in [1.82, 2.24) is 9.29 Å². The van der Waals surface area contributed by atoms with Gasteiger partial charge in [0.25, 0.3) is 0 Å². The maximum absolute atomic E-state index is 13.1. The molecule has 0 radical (unpaired) electrons. The van der Waals surface area contributed by atoms with Gasteiger partial charge in [0.2, 0.25) is 10.0 Å². The van der Waals surface area contributed by atoms with Gasteiger partial charge in [-0.3, -0.25) is 4.98 Å². The highest BCUT2D eigenvalue weighted by molar-refractivity contribution is 7.89. The van der Waals surface area contributed by atoms with Crippen molar-refractivity contribution >= 4 is 23.7 Å². The standard InChI is InChI=1S/C18H22N2O2SSi/c1-15-6-8-18(9-7-15)23(21,22)20-12-17(13-24(2,3)14-20)16-5-4-10-19-11-16/h4-11,13H,12,14H2,1-3H3. The number of hydrogen-bond acceptors (Lipinski definition) is 3. The molecule has 2 aromatic rings. The molecule has 0 fully saturated rings. The number of nitrogens with zero attached hydrogens (tertiary/aromatic N) is 2. The lowest BCUT2D eigenvalue weighted by atomic mass is 10.1. The summed E-state index contributed by atoms with van der Waals surface area (Å²) in [4.78, 5) is 4.54. The minimum atomic E-state index is -3.48. The molecule has 0 N–H and O–H groups in total. The Balaban J connectivity index is 1.98. The molecule has 24 heavy (non-hydrogen) atoms. The minimum absolute atomic E-state index is 0.366. The first kappa shape index (κ1) is 17.1. The molecular formula is C18H22N2O2SSi. The van der Waals surface area contributed by atoms with Gasteiger partial charge in [-0.1, -0.05) is 42.6 Å². The van der Waals surface area contributed by atoms with Gasteiger partial charge in [-0.2, -0.15) is 4.31 Å². The summed E-state index contributed by atoms with van der Waals surface area (Å²) >= 11 is 0. The minimum Gasteiger partial charge on any atom is -0.264 e. The Bertz CT molecular complexity index is 860. The van der Waals surface area contributed by atoms with Crippen molar-refractivity contribution in [2.75, 3.05) is 12.7 Å². The van der Waals surface area contributed by atoms with Crippen LogP contribution >= 0.6 is 0 Å². The topological polar surface area (TPSA) is 50.3 Å². The largest absolute Gasteiger partial charge is 0.264 e. The molecular weight excluding hydrogens is 336 g/mol. The van der Waals surface area contributed by atoms with Gasteiger partial charge in [-0.25, -0.2) is 8.42 Å². The van der Waals surface area contributed by atoms with Crippen molar-refractivity contribution in [3.63, 3.8) is 0 Å². The lowest BCUT2D eigenvalue weighted by molar-refractivity contribution is 0.483. The SMILES string of the molecule is Cc1ccc(S(=O)(=O)N2CC(c3cccnc3)=C[Si](C)(C)C2)cc1. The Hall–Kier alpha value is -1.76. The van der Waals surface area contributed by atoms with Gasteiger partial charge < -0.3 is 0 Å². The first-order valence-electron chi connectivity index (χ1n) is 7.97. The van der Waals surface area contributed by atoms with Gasteiger partial charge in [-0.15, -0.1) is 0 Å². The van der Waals surface area contributed by atoms with Crippen LogP contribution in [0.2, 0.25) is 13.1 Å². The van der Waals surface area contributed by atoms with E-state index in [-0.39, 0.29) is 0 Å². The van der Waals surface area contributed by atoms with E-state index in [2.05, 4.69) is 23.8 Å². The van der Waals surface area contributed by atoms with Crippen molar-refractivity contribution in [2.24, 2.45) is 0 Å². The second-order valence-corrected chi connectivity index (χ2v) is 13.5. The molecule has 1 aromatic carbocycles. The molecule has 0 atom stereocenters. The van der Waals surface area contributed by atoms with Crippen LogP contribution in [0.3, 0.4) is 0 Å². The maximum Gasteiger partial charge on any atom is 0.243 e. The van der Waals surface area contributed by atoms with Crippen LogP contribution in [0, 0.1) is 6.92 Å². The van der Waals surface area contributed by atoms with Crippen LogP contribution in [0.5, 0.6) is 0 Å². The normalized spacial score (nSPS) is 18.2. The zero-order chi connectivity index (χ0) is 17.4. The van der Waals surface area contributed by atoms with E-state index in [4.69, 9.17) is 0 Å². The van der Waals surface area contributed by atoms with E-state index in [0.717, 1.165) is 16.7 Å². The molecule has 0 saturated carbocycles. The Morgan fingerprint density at radius 2 is 1.83 bits per heavy atom. The molecule has 6 heteroatoms. The molecule has 0 amide bonds. The van der Waals surface area contributed by atoms with Gasteiger partial charge >= 0.3 is 0 Å². The van der Waals surface area contributed by atoms with Gasteiger partial charge in [0, 0.05) is 25.1 Å². The van der Waals surface area contributed by atoms with E-state index in [1.165, 1.54) is 0 Å². The molecule has 4 nitrogen and oxygen atoms in total. The van der Waals surface area contributed by atoms with Crippen molar-refractivity contribution in [2.45, 2.75) is 24.9 Å². The molecule has 3 rings (SSSR count). The maximum atomic E-state index is 13.1. The second kappa shape index (κ2) is 6.27. The zero-order valence-corrected chi connectivity index (χ0v) is 16.0. The molecule has 126 valence electrons. The van der Waals surface area contributed by atoms with Gasteiger partial charge in [0.05, 0.1) is 13.0 Å². The van der Waals surface area contributed by atoms with Gasteiger partial charge in [0.15, 0.2) is 0 Å². The summed E-state index contributed by atoms with van der Waals surface area (Å²) in [5.41, 5.74) is 5.41. The molecule has 0 spiro atoms. The number of aryl methyl sites for hydroxylation is 1. The van der Waals surface area contributed by atoms with E-state index < -0.39 is 18.1 Å². The van der Waals surface area contributed by atoms with Crippen molar-refractivity contribution < 1.29 is 8.42 Å². The number of hydrogen-bond donors (Lipinski definition) is 0. The summed E-state index contributed by atoms with van der Waals surface area (Å²) in [6.07, 6.45) is 4.14. The Kier molecular flexibility index (Phi) is 4.46. The summed E-state index contributed by atoms with van der Waals surface area (Å²) in [5, 5.41) is 0. The number of rotatable bonds is 3. The van der Waals surface area contributed by atoms with Crippen LogP contribution in [0.1, 0.15) is 11.1 Å². The highest BCUT2D eigenvalue weighted by Gasteiger charge is 2.35. The Labute approximate surface area is 144 Å². The lowest BCUT2D eigenvalue weighted by Gasteiger charge is -2.35. The van der Waals surface area contributed by atoms with Crippen LogP contribution < -0.4 is 0 Å². The average Bonchev–Trinajstić information content (AvgIpc) is 2.54. The number of benzene rings is 1. The van der Waals surface area contributed by atoms with Crippen LogP contribution in [-0.4, -0.2) is 38.5 Å². The molecule has 0 saturated heterocycles. The summed E-state index contributed by atoms with van der Waals surface area (Å²) in [7, 11) is -5.28. The fourth-order valence-corrected chi connectivity index (χ4v) is 8.10. The van der Waals surface area contributed by atoms with E-state index >= 15 is 0 Å². The first-order valence-corrected chi connectivity index (χ1v) is 12.7. The van der Waals surface area contributed by atoms with E-state index in [9.17, 15) is 8.42 Å². The molecule has 0 unspecified atom stereocenters. The fourth-order valence-electron chi connectivity index (χ4n) is 3.02. The van der Waals surface area contributed by atoms with E-state index in [1.807, 2.05) is 31.2 Å². The van der Waals surface area contributed by atoms with E-state index in [1.54, 1.807) is 28.8 Å². The zero-order valence-electron chi connectivity index (χ0n) is 14.2. The van der Waals surface area contributed by atoms with Gasteiger partial charge in [-0.05, 0) is 36.3 Å². The highest BCUT2D eigenvalue weighted by atomic mass is 32.2. The number of aromatic nitrogens is 1. The molecule has 1 aliphatic heterocycles. The van der Waals surface area contributed by atoms with Crippen molar-refractivity contribution in [3.05, 3.63) is 65.6 Å². The predicted octanol–water partition coefficient (Wildman–Crippen LogP) is 3.26. The summed E-state index contributed by atoms with van der Waals surface area (Å²) in [6, 6.07) is 11.0. The first-order chi connectivity index (χ1) is 11.3. The lowest BCUT2D eigenvalue weighted by Crippen LogP contribution is -2.48. The molecule has 1 aliphatic rings. The van der Waals surface area contributed by atoms with Gasteiger partial charge in [0.1, 0.15) is 0 Å². The highest BCUT2D eigenvalue weighted by Crippen LogP contribution is 2.29. The molecule has 1 aromatic heterocycles. The molecule has 0 bridgehead atoms. The number of sulfonamides is 1. The van der Waals surface area contributed by atoms with Crippen molar-refractivity contribution in [3.8, 4) is 0 Å². The summed E-state index contributed by atoms with van der Waals surface area (Å²) in [5.74, 6) is 0. The van der Waals surface area contributed by atoms with E-state index in [0.29, 0.717) is 17.6 Å². The third-order valence-electron chi connectivity index (χ3n) is 4.19. The monoisotopic (exact) mass is 358 g/mol. The fraction of sp³-hybridized carbons (Fsp3) is 0.278. The van der Waals surface area contributed by atoms with Crippen LogP contribution in [0.15, 0.2) is 59.4 Å². The second-order valence-electron chi connectivity index (χ2n) is 6.99. The Morgan fingerprint density at radius 3 is 2.46 bits per heavy atom. The predicted molar refractivity (Wildman–Crippen MR) is 99.6 cm³/mol. The molecule has 2 heterocycles. The smallest absolute Gasteiger partial charge is 0.243 e. The van der Waals surface area contributed by atoms with Crippen LogP contribution in [0.4, 0.5) is 0 Å². The third kappa shape index (κ3) is 3.50. The number of pyridine rings is 1. The Morgan fingerprint density at radius 1 is 1.12 bits per heavy atom. The third-order valence-corrected chi connectivity index (χ3v) is 8.55. The molecule has 0 aliphatic carbocycles. The summed E-state index contributed by atoms with van der Waals surface area (Å²) < 4.78 is 27.8. The van der Waals surface area contributed by atoms with Crippen molar-refractivity contribution in [1.29, 1.82) is 0 Å². The average molecular weight is 359 g/mol. The van der Waals surface area contributed by atoms with Crippen LogP contribution in [0.25, 0.3) is 5.57 Å². The van der Waals surface area contributed by atoms with Crippen LogP contribution in [-0.2, 0) is 10.0 Å². The quantitative estimate of drug-likeness (QED) is 0.791.